The van der Waals surface area contributed by atoms with Crippen LogP contribution in [-0.4, -0.2) is 30.6 Å². The molecule has 5 rings (SSSR count). The van der Waals surface area contributed by atoms with Gasteiger partial charge in [-0.1, -0.05) is 35.0 Å². The van der Waals surface area contributed by atoms with E-state index in [0.29, 0.717) is 50.5 Å². The first-order chi connectivity index (χ1) is 17.1. The predicted octanol–water partition coefficient (Wildman–Crippen LogP) is 5.91. The van der Waals surface area contributed by atoms with Crippen molar-refractivity contribution in [3.8, 4) is 17.3 Å². The summed E-state index contributed by atoms with van der Waals surface area (Å²) in [4.78, 5) is 20.9. The molecule has 0 bridgehead atoms. The average molecular weight is 543 g/mol. The summed E-state index contributed by atoms with van der Waals surface area (Å²) in [6, 6.07) is 12.5. The minimum atomic E-state index is -0.231. The number of thioether (sulfide) groups is 1. The molecule has 0 spiro atoms. The highest BCUT2D eigenvalue weighted by Gasteiger charge is 2.21. The van der Waals surface area contributed by atoms with E-state index in [1.807, 2.05) is 16.7 Å². The van der Waals surface area contributed by atoms with Gasteiger partial charge in [-0.05, 0) is 48.0 Å². The first-order valence-corrected chi connectivity index (χ1v) is 12.9. The summed E-state index contributed by atoms with van der Waals surface area (Å²) < 4.78 is 7.36. The predicted molar refractivity (Wildman–Crippen MR) is 136 cm³/mol. The number of furan rings is 1. The highest BCUT2D eigenvalue weighted by Crippen LogP contribution is 2.34. The monoisotopic (exact) mass is 542 g/mol. The zero-order valence-electron chi connectivity index (χ0n) is 17.9. The molecule has 0 fully saturated rings. The lowest BCUT2D eigenvalue weighted by atomic mass is 10.2. The lowest BCUT2D eigenvalue weighted by molar-refractivity contribution is 0.0946. The Bertz CT molecular complexity index is 1450. The summed E-state index contributed by atoms with van der Waals surface area (Å²) >= 11 is 15.4. The van der Waals surface area contributed by atoms with Crippen molar-refractivity contribution in [1.82, 2.24) is 30.0 Å². The molecule has 1 N–H and O–H groups in total. The second kappa shape index (κ2) is 10.6. The molecule has 8 nitrogen and oxygen atoms in total. The van der Waals surface area contributed by atoms with E-state index >= 15 is 0 Å². The number of benzene rings is 1. The van der Waals surface area contributed by atoms with E-state index in [4.69, 9.17) is 27.6 Å². The largest absolute Gasteiger partial charge is 0.461 e. The van der Waals surface area contributed by atoms with Crippen LogP contribution < -0.4 is 5.32 Å². The average Bonchev–Trinajstić information content (AvgIpc) is 3.63. The minimum Gasteiger partial charge on any atom is -0.461 e. The van der Waals surface area contributed by atoms with Crippen molar-refractivity contribution in [2.24, 2.45) is 0 Å². The topological polar surface area (TPSA) is 98.7 Å². The molecule has 0 aliphatic carbocycles. The number of carbonyl (C=O) groups is 1. The highest BCUT2D eigenvalue weighted by molar-refractivity contribution is 7.98. The molecule has 0 radical (unpaired) electrons. The molecule has 35 heavy (non-hydrogen) atoms. The Balaban J connectivity index is 1.33. The Morgan fingerprint density at radius 1 is 1.14 bits per heavy atom. The van der Waals surface area contributed by atoms with E-state index in [1.54, 1.807) is 54.4 Å². The summed E-state index contributed by atoms with van der Waals surface area (Å²) in [7, 11) is 0. The van der Waals surface area contributed by atoms with Crippen molar-refractivity contribution in [1.29, 1.82) is 0 Å². The van der Waals surface area contributed by atoms with Crippen molar-refractivity contribution in [3.63, 3.8) is 0 Å². The fourth-order valence-electron chi connectivity index (χ4n) is 3.19. The standard InChI is InChI=1S/C23H16Cl2N6O2S2/c24-15-3-4-18(16(25)10-15)31-21(19-2-1-9-33-19)29-30-23(31)35-13-20-28-17(12-34-20)22(32)27-11-14-5-7-26-8-6-14/h1-10,12H,11,13H2,(H,27,32). The van der Waals surface area contributed by atoms with E-state index in [9.17, 15) is 4.79 Å². The zero-order chi connectivity index (χ0) is 24.2. The maximum atomic E-state index is 12.5. The number of carbonyl (C=O) groups excluding carboxylic acids is 1. The number of amides is 1. The summed E-state index contributed by atoms with van der Waals surface area (Å²) in [6.45, 7) is 0.406. The van der Waals surface area contributed by atoms with Gasteiger partial charge >= 0.3 is 0 Å². The van der Waals surface area contributed by atoms with Crippen molar-refractivity contribution in [3.05, 3.63) is 92.8 Å². The van der Waals surface area contributed by atoms with Crippen LogP contribution in [0.2, 0.25) is 10.0 Å². The number of aromatic nitrogens is 5. The normalized spacial score (nSPS) is 11.0. The summed E-state index contributed by atoms with van der Waals surface area (Å²) in [5.41, 5.74) is 2.01. The number of nitrogens with zero attached hydrogens (tertiary/aromatic N) is 5. The molecule has 0 saturated carbocycles. The summed E-state index contributed by atoms with van der Waals surface area (Å²) in [6.07, 6.45) is 4.95. The van der Waals surface area contributed by atoms with E-state index < -0.39 is 0 Å². The number of nitrogens with one attached hydrogen (secondary N) is 1. The van der Waals surface area contributed by atoms with Crippen LogP contribution in [0.5, 0.6) is 0 Å². The van der Waals surface area contributed by atoms with Crippen LogP contribution in [0, 0.1) is 0 Å². The van der Waals surface area contributed by atoms with Crippen LogP contribution in [0.4, 0.5) is 0 Å². The lowest BCUT2D eigenvalue weighted by Crippen LogP contribution is -2.23. The summed E-state index contributed by atoms with van der Waals surface area (Å²) in [5.74, 6) is 1.32. The first-order valence-electron chi connectivity index (χ1n) is 10.3. The molecule has 4 aromatic heterocycles. The maximum absolute atomic E-state index is 12.5. The van der Waals surface area contributed by atoms with Gasteiger partial charge in [-0.15, -0.1) is 21.5 Å². The van der Waals surface area contributed by atoms with Gasteiger partial charge in [-0.2, -0.15) is 0 Å². The zero-order valence-corrected chi connectivity index (χ0v) is 21.0. The summed E-state index contributed by atoms with van der Waals surface area (Å²) in [5, 5.41) is 15.6. The van der Waals surface area contributed by atoms with Crippen molar-refractivity contribution in [2.45, 2.75) is 17.5 Å². The molecule has 0 saturated heterocycles. The molecule has 0 atom stereocenters. The Labute approximate surface area is 218 Å². The molecule has 0 aliphatic rings. The van der Waals surface area contributed by atoms with Gasteiger partial charge < -0.3 is 9.73 Å². The second-order valence-corrected chi connectivity index (χ2v) is 9.90. The van der Waals surface area contributed by atoms with Gasteiger partial charge in [0.2, 0.25) is 5.82 Å². The molecule has 0 aliphatic heterocycles. The fraction of sp³-hybridized carbons (Fsp3) is 0.0870. The van der Waals surface area contributed by atoms with Crippen LogP contribution in [0.3, 0.4) is 0 Å². The van der Waals surface area contributed by atoms with Crippen LogP contribution >= 0.6 is 46.3 Å². The molecular weight excluding hydrogens is 527 g/mol. The van der Waals surface area contributed by atoms with Crippen molar-refractivity contribution in [2.75, 3.05) is 0 Å². The number of halogens is 2. The Kier molecular flexibility index (Phi) is 7.14. The molecule has 1 amide bonds. The van der Waals surface area contributed by atoms with Gasteiger partial charge in [-0.25, -0.2) is 4.98 Å². The Morgan fingerprint density at radius 2 is 2.00 bits per heavy atom. The van der Waals surface area contributed by atoms with Gasteiger partial charge in [0.05, 0.1) is 22.7 Å². The number of pyridine rings is 1. The number of hydrogen-bond donors (Lipinski definition) is 1. The highest BCUT2D eigenvalue weighted by atomic mass is 35.5. The number of thiazole rings is 1. The van der Waals surface area contributed by atoms with Gasteiger partial charge in [0.15, 0.2) is 10.9 Å². The second-order valence-electron chi connectivity index (χ2n) is 7.17. The van der Waals surface area contributed by atoms with E-state index in [0.717, 1.165) is 10.6 Å². The molecular formula is C23H16Cl2N6O2S2. The molecule has 176 valence electrons. The SMILES string of the molecule is O=C(NCc1ccncc1)c1csc(CSc2nnc(-c3ccco3)n2-c2ccc(Cl)cc2Cl)n1. The number of hydrogen-bond acceptors (Lipinski definition) is 8. The molecule has 5 aromatic rings. The van der Waals surface area contributed by atoms with Crippen molar-refractivity contribution >= 4 is 52.2 Å². The van der Waals surface area contributed by atoms with E-state index in [1.165, 1.54) is 23.1 Å². The van der Waals surface area contributed by atoms with Crippen molar-refractivity contribution < 1.29 is 9.21 Å². The minimum absolute atomic E-state index is 0.231. The molecule has 0 unspecified atom stereocenters. The van der Waals surface area contributed by atoms with Gasteiger partial charge in [-0.3, -0.25) is 14.3 Å². The van der Waals surface area contributed by atoms with E-state index in [-0.39, 0.29) is 5.91 Å². The third-order valence-corrected chi connectivity index (χ3v) is 7.35. The molecule has 12 heteroatoms. The Morgan fingerprint density at radius 3 is 2.77 bits per heavy atom. The Hall–Kier alpha value is -3.18. The van der Waals surface area contributed by atoms with E-state index in [2.05, 4.69) is 25.5 Å². The first kappa shape index (κ1) is 23.6. The quantitative estimate of drug-likeness (QED) is 0.243. The van der Waals surface area contributed by atoms with Crippen LogP contribution in [0.15, 0.2) is 76.1 Å². The van der Waals surface area contributed by atoms with Crippen LogP contribution in [0.25, 0.3) is 17.3 Å². The lowest BCUT2D eigenvalue weighted by Gasteiger charge is -2.11. The maximum Gasteiger partial charge on any atom is 0.271 e. The molecule has 4 heterocycles. The van der Waals surface area contributed by atoms with Crippen LogP contribution in [0.1, 0.15) is 21.1 Å². The van der Waals surface area contributed by atoms with Gasteiger partial charge in [0.1, 0.15) is 10.7 Å². The fourth-order valence-corrected chi connectivity index (χ4v) is 5.42. The number of rotatable bonds is 8. The van der Waals surface area contributed by atoms with Crippen LogP contribution in [-0.2, 0) is 12.3 Å². The third-order valence-electron chi connectivity index (χ3n) is 4.84. The van der Waals surface area contributed by atoms with Gasteiger partial charge in [0, 0.05) is 29.3 Å². The third kappa shape index (κ3) is 5.40. The molecule has 1 aromatic carbocycles. The van der Waals surface area contributed by atoms with Gasteiger partial charge in [0.25, 0.3) is 5.91 Å². The smallest absolute Gasteiger partial charge is 0.271 e.